The van der Waals surface area contributed by atoms with Crippen LogP contribution >= 0.6 is 12.6 Å². The lowest BCUT2D eigenvalue weighted by molar-refractivity contribution is -0.137. The van der Waals surface area contributed by atoms with Gasteiger partial charge in [-0.2, -0.15) is 12.6 Å². The summed E-state index contributed by atoms with van der Waals surface area (Å²) in [6.45, 7) is 10.0. The molecule has 5 rings (SSSR count). The third kappa shape index (κ3) is 6.23. The number of aliphatic carboxylic acids is 2. The number of carbonyl (C=O) groups is 4. The minimum Gasteiger partial charge on any atom is -0.481 e. The van der Waals surface area contributed by atoms with E-state index >= 15 is 0 Å². The summed E-state index contributed by atoms with van der Waals surface area (Å²) >= 11 is 5.56. The molecule has 6 atom stereocenters. The average Bonchev–Trinajstić information content (AvgIpc) is 3.19. The molecule has 3 aliphatic heterocycles. The van der Waals surface area contributed by atoms with Crippen molar-refractivity contribution >= 4 is 66.4 Å². The molecule has 3 aliphatic rings. The number of hydrogen-bond acceptors (Lipinski definition) is 5. The van der Waals surface area contributed by atoms with Crippen molar-refractivity contribution in [2.75, 3.05) is 5.75 Å². The van der Waals surface area contributed by atoms with Gasteiger partial charge in [-0.05, 0) is 73.4 Å². The number of allylic oxidation sites excluding steroid dienone is 1. The molecule has 0 radical (unpaired) electrons. The minimum atomic E-state index is -0.946. The van der Waals surface area contributed by atoms with Crippen molar-refractivity contribution in [2.45, 2.75) is 82.8 Å². The molecule has 1 unspecified atom stereocenters. The highest BCUT2D eigenvalue weighted by Gasteiger charge is 2.77. The third-order valence-electron chi connectivity index (χ3n) is 10.0. The summed E-state index contributed by atoms with van der Waals surface area (Å²) in [5.74, 6) is -1.13. The summed E-state index contributed by atoms with van der Waals surface area (Å²) < 4.78 is -0.313. The Kier molecular flexibility index (Phi) is 9.38. The molecule has 10 nitrogen and oxygen atoms in total. The largest absolute Gasteiger partial charge is 0.481 e. The maximum Gasteiger partial charge on any atom is 0.307 e. The Balaban J connectivity index is 1.59. The second kappa shape index (κ2) is 12.8. The van der Waals surface area contributed by atoms with E-state index in [1.165, 1.54) is 11.8 Å². The lowest BCUT2D eigenvalue weighted by Crippen LogP contribution is -2.30. The predicted octanol–water partition coefficient (Wildman–Crippen LogP) is 1.74. The lowest BCUT2D eigenvalue weighted by Gasteiger charge is -2.14. The number of thiol groups is 2. The van der Waals surface area contributed by atoms with Crippen molar-refractivity contribution in [1.29, 1.82) is 0 Å². The lowest BCUT2D eigenvalue weighted by atomic mass is 9.88. The van der Waals surface area contributed by atoms with E-state index in [4.69, 9.17) is 0 Å². The molecule has 0 aromatic carbocycles. The van der Waals surface area contributed by atoms with Crippen LogP contribution in [0.15, 0.2) is 5.70 Å². The van der Waals surface area contributed by atoms with Crippen LogP contribution < -0.4 is 21.2 Å². The van der Waals surface area contributed by atoms with E-state index in [1.54, 1.807) is 6.08 Å². The Bertz CT molecular complexity index is 1710. The van der Waals surface area contributed by atoms with Crippen LogP contribution in [-0.2, 0) is 43.8 Å². The summed E-state index contributed by atoms with van der Waals surface area (Å²) in [5, 5.41) is 27.0. The van der Waals surface area contributed by atoms with Crippen LogP contribution in [0.3, 0.4) is 0 Å². The van der Waals surface area contributed by atoms with Gasteiger partial charge < -0.3 is 30.8 Å². The van der Waals surface area contributed by atoms with Gasteiger partial charge in [0, 0.05) is 76.5 Å². The number of hydrogen-bond donors (Lipinski definition) is 7. The van der Waals surface area contributed by atoms with Gasteiger partial charge >= 0.3 is 11.9 Å². The molecule has 2 amide bonds. The van der Waals surface area contributed by atoms with Gasteiger partial charge in [0.05, 0.1) is 6.42 Å². The van der Waals surface area contributed by atoms with Crippen LogP contribution in [0.1, 0.15) is 73.8 Å². The average molecular weight is 656 g/mol. The molecular weight excluding hydrogens is 613 g/mol. The summed E-state index contributed by atoms with van der Waals surface area (Å²) in [5.41, 5.74) is 5.87. The molecule has 45 heavy (non-hydrogen) atoms. The third-order valence-corrected chi connectivity index (χ3v) is 12.2. The summed E-state index contributed by atoms with van der Waals surface area (Å²) in [6, 6.07) is -0.0428. The SMILES string of the molecule is Cc1c(/C=C2\NC(=O)[C@H](C)[C@H]2CCS)[nH]c(/C=c2/[nH]c(C[C@H]3NC(=O)[C@]4([SH+][C@H]4C)C3C)c(C)/c2=C/CC(=O)O)c1CCC(=O)O. The fraction of sp³-hybridized carbons (Fsp3) is 0.515. The normalized spacial score (nSPS) is 29.2. The highest BCUT2D eigenvalue weighted by Crippen LogP contribution is 2.49. The van der Waals surface area contributed by atoms with E-state index in [0.29, 0.717) is 34.9 Å². The van der Waals surface area contributed by atoms with Gasteiger partial charge in [-0.15, -0.1) is 0 Å². The number of aromatic nitrogens is 2. The van der Waals surface area contributed by atoms with Gasteiger partial charge in [-0.1, -0.05) is 19.9 Å². The Labute approximate surface area is 272 Å². The van der Waals surface area contributed by atoms with Gasteiger partial charge in [-0.3, -0.25) is 19.2 Å². The first-order chi connectivity index (χ1) is 21.3. The van der Waals surface area contributed by atoms with Crippen molar-refractivity contribution in [3.63, 3.8) is 0 Å². The number of carbonyl (C=O) groups excluding carboxylic acids is 2. The Morgan fingerprint density at radius 3 is 2.33 bits per heavy atom. The van der Waals surface area contributed by atoms with Gasteiger partial charge in [-0.25, -0.2) is 0 Å². The van der Waals surface area contributed by atoms with E-state index in [-0.39, 0.29) is 53.2 Å². The smallest absolute Gasteiger partial charge is 0.307 e. The van der Waals surface area contributed by atoms with Crippen molar-refractivity contribution in [1.82, 2.24) is 20.6 Å². The molecule has 0 aliphatic carbocycles. The van der Waals surface area contributed by atoms with E-state index in [9.17, 15) is 29.4 Å². The monoisotopic (exact) mass is 655 g/mol. The van der Waals surface area contributed by atoms with Crippen LogP contribution in [0.2, 0.25) is 0 Å². The maximum atomic E-state index is 12.9. The van der Waals surface area contributed by atoms with Crippen LogP contribution in [-0.4, -0.2) is 65.7 Å². The molecule has 3 saturated heterocycles. The van der Waals surface area contributed by atoms with E-state index in [1.807, 2.05) is 32.9 Å². The first kappa shape index (κ1) is 33.0. The highest BCUT2D eigenvalue weighted by atomic mass is 32.2. The molecule has 0 bridgehead atoms. The number of carboxylic acids is 2. The summed E-state index contributed by atoms with van der Waals surface area (Å²) in [7, 11) is 0. The zero-order valence-corrected chi connectivity index (χ0v) is 28.1. The van der Waals surface area contributed by atoms with Crippen LogP contribution in [0, 0.1) is 31.6 Å². The molecule has 2 aromatic heterocycles. The summed E-state index contributed by atoms with van der Waals surface area (Å²) in [6.07, 6.45) is 6.94. The first-order valence-electron chi connectivity index (χ1n) is 15.5. The van der Waals surface area contributed by atoms with Crippen LogP contribution in [0.4, 0.5) is 0 Å². The molecule has 242 valence electrons. The van der Waals surface area contributed by atoms with E-state index < -0.39 is 11.9 Å². The van der Waals surface area contributed by atoms with Gasteiger partial charge in [0.2, 0.25) is 5.91 Å². The number of rotatable bonds is 11. The maximum absolute atomic E-state index is 12.9. The summed E-state index contributed by atoms with van der Waals surface area (Å²) in [4.78, 5) is 55.5. The molecule has 0 saturated carbocycles. The van der Waals surface area contributed by atoms with Gasteiger partial charge in [0.1, 0.15) is 0 Å². The van der Waals surface area contributed by atoms with Crippen LogP contribution in [0.5, 0.6) is 0 Å². The van der Waals surface area contributed by atoms with Crippen LogP contribution in [0.25, 0.3) is 18.2 Å². The number of amides is 2. The van der Waals surface area contributed by atoms with Crippen molar-refractivity contribution in [3.8, 4) is 0 Å². The molecular formula is C33H43N4O6S2+. The zero-order chi connectivity index (χ0) is 32.8. The molecule has 1 spiro atoms. The van der Waals surface area contributed by atoms with E-state index in [2.05, 4.69) is 47.1 Å². The van der Waals surface area contributed by atoms with Crippen molar-refractivity contribution in [2.24, 2.45) is 17.8 Å². The highest BCUT2D eigenvalue weighted by molar-refractivity contribution is 7.90. The van der Waals surface area contributed by atoms with Gasteiger partial charge in [0.25, 0.3) is 10.7 Å². The van der Waals surface area contributed by atoms with Gasteiger partial charge in [0.15, 0.2) is 5.25 Å². The predicted molar refractivity (Wildman–Crippen MR) is 180 cm³/mol. The quantitative estimate of drug-likeness (QED) is 0.111. The second-order valence-electron chi connectivity index (χ2n) is 12.7. The first-order valence-corrected chi connectivity index (χ1v) is 17.1. The number of aromatic amines is 2. The van der Waals surface area contributed by atoms with E-state index in [0.717, 1.165) is 45.4 Å². The zero-order valence-electron chi connectivity index (χ0n) is 26.3. The number of carboxylic acid groups (broad SMARTS) is 2. The minimum absolute atomic E-state index is 0.00846. The molecule has 6 N–H and O–H groups in total. The topological polar surface area (TPSA) is 164 Å². The number of H-pyrrole nitrogens is 2. The molecule has 12 heteroatoms. The Morgan fingerprint density at radius 1 is 1.02 bits per heavy atom. The Hall–Kier alpha value is -3.38. The fourth-order valence-electron chi connectivity index (χ4n) is 7.15. The number of nitrogens with one attached hydrogen (secondary N) is 4. The molecule has 3 fully saturated rings. The fourth-order valence-corrected chi connectivity index (χ4v) is 8.94. The molecule has 2 aromatic rings. The molecule has 5 heterocycles. The standard InChI is InChI=1S/C33H42N4O6S2/c1-15-20(6-8-29(38)39)26(34-23(15)12-25-18(4)33(19(5)45-33)32(43)37-25)14-27-21(7-9-30(40)41)16(2)24(35-27)13-28-22(10-11-44)17(3)31(42)36-28/h6,13-14,17-19,22,25,34-35,44H,7-12H2,1-5H3,(H,36,42)(H,37,43)(H,38,39)(H,40,41)/p+1/b20-6-,26-14+,28-13-/t17-,18?,19+,22-,25-,33+/m1/s1. The van der Waals surface area contributed by atoms with Crippen molar-refractivity contribution in [3.05, 3.63) is 50.0 Å². The Morgan fingerprint density at radius 2 is 1.73 bits per heavy atom. The second-order valence-corrected chi connectivity index (χ2v) is 14.9. The van der Waals surface area contributed by atoms with Crippen molar-refractivity contribution < 1.29 is 29.4 Å².